The second-order valence-electron chi connectivity index (χ2n) is 5.36. The van der Waals surface area contributed by atoms with E-state index in [0.29, 0.717) is 6.42 Å². The number of nitrogens with one attached hydrogen (secondary N) is 1. The minimum absolute atomic E-state index is 0.244. The molecule has 1 atom stereocenters. The van der Waals surface area contributed by atoms with E-state index in [9.17, 15) is 4.79 Å². The maximum absolute atomic E-state index is 12.4. The summed E-state index contributed by atoms with van der Waals surface area (Å²) in [6.45, 7) is 0.886. The van der Waals surface area contributed by atoms with Crippen LogP contribution in [0.15, 0.2) is 48.7 Å². The molecule has 1 aromatic heterocycles. The molecule has 104 valence electrons. The molecule has 2 aromatic rings. The van der Waals surface area contributed by atoms with Crippen molar-refractivity contribution in [3.63, 3.8) is 0 Å². The van der Waals surface area contributed by atoms with Crippen LogP contribution < -0.4 is 0 Å². The zero-order valence-electron chi connectivity index (χ0n) is 11.6. The van der Waals surface area contributed by atoms with Gasteiger partial charge in [0.25, 0.3) is 0 Å². The second-order valence-corrected chi connectivity index (χ2v) is 5.36. The molecule has 2 heterocycles. The van der Waals surface area contributed by atoms with E-state index in [4.69, 9.17) is 0 Å². The second kappa shape index (κ2) is 5.95. The Labute approximate surface area is 119 Å². The summed E-state index contributed by atoms with van der Waals surface area (Å²) in [5.74, 6) is 0.269. The predicted octanol–water partition coefficient (Wildman–Crippen LogP) is 3.31. The van der Waals surface area contributed by atoms with Crippen LogP contribution >= 0.6 is 0 Å². The monoisotopic (exact) mass is 268 g/mol. The highest BCUT2D eigenvalue weighted by atomic mass is 16.2. The van der Waals surface area contributed by atoms with Crippen LogP contribution in [0.2, 0.25) is 0 Å². The quantitative estimate of drug-likeness (QED) is 0.907. The number of aryl methyl sites for hydroxylation is 1. The van der Waals surface area contributed by atoms with Crippen molar-refractivity contribution < 1.29 is 4.79 Å². The number of benzene rings is 1. The van der Waals surface area contributed by atoms with Gasteiger partial charge in [-0.3, -0.25) is 4.79 Å². The lowest BCUT2D eigenvalue weighted by molar-refractivity contribution is -0.132. The zero-order valence-corrected chi connectivity index (χ0v) is 11.6. The van der Waals surface area contributed by atoms with Gasteiger partial charge in [0.1, 0.15) is 0 Å². The van der Waals surface area contributed by atoms with Gasteiger partial charge in [-0.15, -0.1) is 0 Å². The molecular weight excluding hydrogens is 248 g/mol. The first kappa shape index (κ1) is 13.0. The Morgan fingerprint density at radius 1 is 1.20 bits per heavy atom. The Balaban J connectivity index is 1.62. The molecule has 3 rings (SSSR count). The number of likely N-dealkylation sites (tertiary alicyclic amines) is 1. The average molecular weight is 268 g/mol. The molecule has 1 saturated heterocycles. The van der Waals surface area contributed by atoms with E-state index in [2.05, 4.69) is 23.2 Å². The molecule has 0 unspecified atom stereocenters. The Bertz CT molecular complexity index is 548. The highest BCUT2D eigenvalue weighted by molar-refractivity contribution is 5.77. The van der Waals surface area contributed by atoms with Crippen molar-refractivity contribution in [2.24, 2.45) is 0 Å². The Morgan fingerprint density at radius 2 is 2.05 bits per heavy atom. The molecule has 0 bridgehead atoms. The Morgan fingerprint density at radius 3 is 2.80 bits per heavy atom. The van der Waals surface area contributed by atoms with Gasteiger partial charge in [0, 0.05) is 24.9 Å². The number of carbonyl (C=O) groups excluding carboxylic acids is 1. The molecule has 0 spiro atoms. The maximum Gasteiger partial charge on any atom is 0.223 e. The summed E-state index contributed by atoms with van der Waals surface area (Å²) in [7, 11) is 0. The van der Waals surface area contributed by atoms with Crippen molar-refractivity contribution in [3.05, 3.63) is 59.9 Å². The van der Waals surface area contributed by atoms with E-state index in [1.165, 1.54) is 5.56 Å². The van der Waals surface area contributed by atoms with Gasteiger partial charge in [-0.2, -0.15) is 0 Å². The number of hydrogen-bond acceptors (Lipinski definition) is 1. The third-order valence-electron chi connectivity index (χ3n) is 4.02. The number of hydrogen-bond donors (Lipinski definition) is 1. The van der Waals surface area contributed by atoms with Crippen molar-refractivity contribution in [2.75, 3.05) is 6.54 Å². The molecule has 1 aliphatic heterocycles. The van der Waals surface area contributed by atoms with Crippen LogP contribution in [0.25, 0.3) is 0 Å². The molecule has 0 radical (unpaired) electrons. The van der Waals surface area contributed by atoms with Gasteiger partial charge in [-0.1, -0.05) is 30.3 Å². The fraction of sp³-hybridized carbons (Fsp3) is 0.353. The fourth-order valence-corrected chi connectivity index (χ4v) is 2.98. The van der Waals surface area contributed by atoms with Gasteiger partial charge in [-0.05, 0) is 37.0 Å². The van der Waals surface area contributed by atoms with Crippen LogP contribution in [-0.2, 0) is 11.2 Å². The molecule has 0 saturated carbocycles. The van der Waals surface area contributed by atoms with Gasteiger partial charge >= 0.3 is 0 Å². The molecule has 20 heavy (non-hydrogen) atoms. The minimum Gasteiger partial charge on any atom is -0.363 e. The van der Waals surface area contributed by atoms with Crippen molar-refractivity contribution >= 4 is 5.91 Å². The molecule has 1 aliphatic rings. The van der Waals surface area contributed by atoms with E-state index < -0.39 is 0 Å². The van der Waals surface area contributed by atoms with E-state index in [-0.39, 0.29) is 11.9 Å². The Kier molecular flexibility index (Phi) is 3.86. The van der Waals surface area contributed by atoms with Crippen LogP contribution in [0.5, 0.6) is 0 Å². The highest BCUT2D eigenvalue weighted by Gasteiger charge is 2.29. The number of nitrogens with zero attached hydrogens (tertiary/aromatic N) is 1. The summed E-state index contributed by atoms with van der Waals surface area (Å²) in [4.78, 5) is 17.7. The lowest BCUT2D eigenvalue weighted by atomic mass is 10.1. The van der Waals surface area contributed by atoms with Crippen molar-refractivity contribution in [3.8, 4) is 0 Å². The lowest BCUT2D eigenvalue weighted by Gasteiger charge is -2.24. The van der Waals surface area contributed by atoms with Crippen LogP contribution in [0.3, 0.4) is 0 Å². The molecule has 3 heteroatoms. The minimum atomic E-state index is 0.244. The van der Waals surface area contributed by atoms with Gasteiger partial charge in [0.2, 0.25) is 5.91 Å². The molecule has 1 aromatic carbocycles. The first-order valence-electron chi connectivity index (χ1n) is 7.31. The number of rotatable bonds is 4. The van der Waals surface area contributed by atoms with E-state index >= 15 is 0 Å². The predicted molar refractivity (Wildman–Crippen MR) is 79.2 cm³/mol. The smallest absolute Gasteiger partial charge is 0.223 e. The molecular formula is C17H20N2O. The summed E-state index contributed by atoms with van der Waals surface area (Å²) in [5.41, 5.74) is 2.40. The Hall–Kier alpha value is -2.03. The topological polar surface area (TPSA) is 36.1 Å². The van der Waals surface area contributed by atoms with Crippen molar-refractivity contribution in [1.82, 2.24) is 9.88 Å². The van der Waals surface area contributed by atoms with Gasteiger partial charge in [0.05, 0.1) is 6.04 Å². The zero-order chi connectivity index (χ0) is 13.8. The summed E-state index contributed by atoms with van der Waals surface area (Å²) in [6.07, 6.45) is 5.52. The molecule has 1 N–H and O–H groups in total. The molecule has 1 amide bonds. The SMILES string of the molecule is O=C(CCc1ccccc1)N1CCC[C@@H]1c1ccc[nH]1. The van der Waals surface area contributed by atoms with Gasteiger partial charge < -0.3 is 9.88 Å². The number of amides is 1. The fourth-order valence-electron chi connectivity index (χ4n) is 2.98. The summed E-state index contributed by atoms with van der Waals surface area (Å²) in [6, 6.07) is 14.5. The lowest BCUT2D eigenvalue weighted by Crippen LogP contribution is -2.30. The van der Waals surface area contributed by atoms with Crippen LogP contribution in [-0.4, -0.2) is 22.3 Å². The molecule has 0 aliphatic carbocycles. The number of aromatic amines is 1. The first-order chi connectivity index (χ1) is 9.84. The van der Waals surface area contributed by atoms with Crippen LogP contribution in [0.1, 0.15) is 36.6 Å². The van der Waals surface area contributed by atoms with Crippen molar-refractivity contribution in [1.29, 1.82) is 0 Å². The molecule has 1 fully saturated rings. The number of H-pyrrole nitrogens is 1. The third kappa shape index (κ3) is 2.77. The maximum atomic E-state index is 12.4. The summed E-state index contributed by atoms with van der Waals surface area (Å²) >= 11 is 0. The van der Waals surface area contributed by atoms with E-state index in [0.717, 1.165) is 31.5 Å². The van der Waals surface area contributed by atoms with Gasteiger partial charge in [0.15, 0.2) is 0 Å². The number of aromatic nitrogens is 1. The summed E-state index contributed by atoms with van der Waals surface area (Å²) < 4.78 is 0. The van der Waals surface area contributed by atoms with E-state index in [1.807, 2.05) is 35.4 Å². The highest BCUT2D eigenvalue weighted by Crippen LogP contribution is 2.31. The third-order valence-corrected chi connectivity index (χ3v) is 4.02. The average Bonchev–Trinajstić information content (AvgIpc) is 3.15. The van der Waals surface area contributed by atoms with Crippen LogP contribution in [0.4, 0.5) is 0 Å². The normalized spacial score (nSPS) is 18.4. The largest absolute Gasteiger partial charge is 0.363 e. The standard InChI is InChI=1S/C17H20N2O/c20-17(11-10-14-6-2-1-3-7-14)19-13-5-9-16(19)15-8-4-12-18-15/h1-4,6-8,12,16,18H,5,9-11,13H2/t16-/m1/s1. The van der Waals surface area contributed by atoms with Crippen LogP contribution in [0, 0.1) is 0 Å². The van der Waals surface area contributed by atoms with Crippen molar-refractivity contribution in [2.45, 2.75) is 31.7 Å². The summed E-state index contributed by atoms with van der Waals surface area (Å²) in [5, 5.41) is 0. The van der Waals surface area contributed by atoms with E-state index in [1.54, 1.807) is 0 Å². The van der Waals surface area contributed by atoms with Gasteiger partial charge in [-0.25, -0.2) is 0 Å². The number of carbonyl (C=O) groups is 1. The first-order valence-corrected chi connectivity index (χ1v) is 7.31. The molecule has 3 nitrogen and oxygen atoms in total.